The number of fused-ring (bicyclic) bond motifs is 1. The Hall–Kier alpha value is -2.08. The molecule has 0 saturated heterocycles. The summed E-state index contributed by atoms with van der Waals surface area (Å²) in [6.07, 6.45) is 4.28. The summed E-state index contributed by atoms with van der Waals surface area (Å²) >= 11 is 1.58. The molecule has 0 amide bonds. The van der Waals surface area contributed by atoms with Crippen molar-refractivity contribution >= 4 is 23.5 Å². The van der Waals surface area contributed by atoms with E-state index < -0.39 is 5.97 Å². The smallest absolute Gasteiger partial charge is 0.335 e. The van der Waals surface area contributed by atoms with Crippen molar-refractivity contribution < 1.29 is 9.90 Å². The number of benzene rings is 1. The zero-order chi connectivity index (χ0) is 14.8. The molecule has 6 heteroatoms. The standard InChI is InChI=1S/C15H15N3O2S/c1-21-14-7-13(16-9-17-14)18-6-5-11-10(8-18)3-2-4-12(11)15(19)20/h2-4,7,9H,5-6,8H2,1H3,(H,19,20). The van der Waals surface area contributed by atoms with Crippen LogP contribution in [0.5, 0.6) is 0 Å². The van der Waals surface area contributed by atoms with Gasteiger partial charge in [0.05, 0.1) is 5.56 Å². The number of aromatic carboxylic acids is 1. The Bertz CT molecular complexity index is 690. The highest BCUT2D eigenvalue weighted by atomic mass is 32.2. The van der Waals surface area contributed by atoms with Crippen LogP contribution in [0.2, 0.25) is 0 Å². The fourth-order valence-electron chi connectivity index (χ4n) is 2.62. The molecular formula is C15H15N3O2S. The van der Waals surface area contributed by atoms with Gasteiger partial charge in [0, 0.05) is 19.2 Å². The SMILES string of the molecule is CSc1cc(N2CCc3c(cccc3C(=O)O)C2)ncn1. The first-order valence-electron chi connectivity index (χ1n) is 6.64. The lowest BCUT2D eigenvalue weighted by Gasteiger charge is -2.30. The molecule has 0 spiro atoms. The van der Waals surface area contributed by atoms with E-state index in [0.717, 1.165) is 34.9 Å². The fourth-order valence-corrected chi connectivity index (χ4v) is 3.00. The van der Waals surface area contributed by atoms with Gasteiger partial charge in [0.1, 0.15) is 17.2 Å². The number of carboxylic acid groups (broad SMARTS) is 1. The van der Waals surface area contributed by atoms with Crippen LogP contribution in [0.4, 0.5) is 5.82 Å². The summed E-state index contributed by atoms with van der Waals surface area (Å²) in [5, 5.41) is 10.2. The molecule has 0 atom stereocenters. The Morgan fingerprint density at radius 2 is 2.24 bits per heavy atom. The van der Waals surface area contributed by atoms with Crippen LogP contribution < -0.4 is 4.90 Å². The number of aromatic nitrogens is 2. The summed E-state index contributed by atoms with van der Waals surface area (Å²) in [4.78, 5) is 21.9. The van der Waals surface area contributed by atoms with Crippen LogP contribution in [0, 0.1) is 0 Å². The molecule has 2 aromatic rings. The predicted molar refractivity (Wildman–Crippen MR) is 82.0 cm³/mol. The number of anilines is 1. The fraction of sp³-hybridized carbons (Fsp3) is 0.267. The third kappa shape index (κ3) is 2.71. The van der Waals surface area contributed by atoms with Crippen LogP contribution in [0.15, 0.2) is 35.6 Å². The summed E-state index contributed by atoms with van der Waals surface area (Å²) in [6, 6.07) is 7.44. The molecule has 1 aromatic heterocycles. The lowest BCUT2D eigenvalue weighted by Crippen LogP contribution is -2.32. The second kappa shape index (κ2) is 5.73. The van der Waals surface area contributed by atoms with Crippen LogP contribution in [-0.4, -0.2) is 33.8 Å². The second-order valence-electron chi connectivity index (χ2n) is 4.84. The molecule has 1 N–H and O–H groups in total. The highest BCUT2D eigenvalue weighted by molar-refractivity contribution is 7.98. The summed E-state index contributed by atoms with van der Waals surface area (Å²) < 4.78 is 0. The highest BCUT2D eigenvalue weighted by Gasteiger charge is 2.22. The summed E-state index contributed by atoms with van der Waals surface area (Å²) in [6.45, 7) is 1.45. The first-order chi connectivity index (χ1) is 10.2. The van der Waals surface area contributed by atoms with Gasteiger partial charge in [-0.3, -0.25) is 0 Å². The third-order valence-electron chi connectivity index (χ3n) is 3.66. The van der Waals surface area contributed by atoms with Gasteiger partial charge in [0.25, 0.3) is 0 Å². The number of rotatable bonds is 3. The van der Waals surface area contributed by atoms with Crippen LogP contribution in [0.25, 0.3) is 0 Å². The van der Waals surface area contributed by atoms with Gasteiger partial charge in [-0.15, -0.1) is 11.8 Å². The Morgan fingerprint density at radius 1 is 1.38 bits per heavy atom. The quantitative estimate of drug-likeness (QED) is 0.694. The lowest BCUT2D eigenvalue weighted by molar-refractivity contribution is 0.0695. The molecule has 0 saturated carbocycles. The molecule has 0 aliphatic carbocycles. The van der Waals surface area contributed by atoms with E-state index in [-0.39, 0.29) is 0 Å². The molecule has 1 aliphatic rings. The van der Waals surface area contributed by atoms with E-state index >= 15 is 0 Å². The maximum absolute atomic E-state index is 11.3. The van der Waals surface area contributed by atoms with E-state index in [9.17, 15) is 9.90 Å². The largest absolute Gasteiger partial charge is 0.478 e. The van der Waals surface area contributed by atoms with Gasteiger partial charge < -0.3 is 10.0 Å². The molecule has 1 aliphatic heterocycles. The number of carboxylic acids is 1. The van der Waals surface area contributed by atoms with E-state index in [1.54, 1.807) is 30.2 Å². The maximum atomic E-state index is 11.3. The maximum Gasteiger partial charge on any atom is 0.335 e. The minimum Gasteiger partial charge on any atom is -0.478 e. The van der Waals surface area contributed by atoms with E-state index in [1.807, 2.05) is 18.4 Å². The van der Waals surface area contributed by atoms with E-state index in [2.05, 4.69) is 14.9 Å². The van der Waals surface area contributed by atoms with Gasteiger partial charge in [-0.1, -0.05) is 12.1 Å². The van der Waals surface area contributed by atoms with Crippen molar-refractivity contribution in [3.63, 3.8) is 0 Å². The van der Waals surface area contributed by atoms with Gasteiger partial charge in [0.15, 0.2) is 0 Å². The first kappa shape index (κ1) is 13.9. The Balaban J connectivity index is 1.91. The molecule has 1 aromatic carbocycles. The van der Waals surface area contributed by atoms with Crippen molar-refractivity contribution in [3.05, 3.63) is 47.3 Å². The Kier molecular flexibility index (Phi) is 3.79. The van der Waals surface area contributed by atoms with Crippen molar-refractivity contribution in [3.8, 4) is 0 Å². The molecule has 0 bridgehead atoms. The molecular weight excluding hydrogens is 286 g/mol. The number of nitrogens with zero attached hydrogens (tertiary/aromatic N) is 3. The first-order valence-corrected chi connectivity index (χ1v) is 7.86. The van der Waals surface area contributed by atoms with Gasteiger partial charge in [-0.2, -0.15) is 0 Å². The zero-order valence-corrected chi connectivity index (χ0v) is 12.4. The Morgan fingerprint density at radius 3 is 3.00 bits per heavy atom. The average molecular weight is 301 g/mol. The zero-order valence-electron chi connectivity index (χ0n) is 11.6. The van der Waals surface area contributed by atoms with Gasteiger partial charge in [0.2, 0.25) is 0 Å². The third-order valence-corrected chi connectivity index (χ3v) is 4.30. The number of hydrogen-bond donors (Lipinski definition) is 1. The minimum atomic E-state index is -0.855. The molecule has 3 rings (SSSR count). The number of hydrogen-bond acceptors (Lipinski definition) is 5. The molecule has 0 radical (unpaired) electrons. The second-order valence-corrected chi connectivity index (χ2v) is 5.67. The van der Waals surface area contributed by atoms with Crippen molar-refractivity contribution in [1.82, 2.24) is 9.97 Å². The molecule has 0 unspecified atom stereocenters. The van der Waals surface area contributed by atoms with Crippen molar-refractivity contribution in [2.75, 3.05) is 17.7 Å². The normalized spacial score (nSPS) is 13.9. The Labute approximate surface area is 127 Å². The molecule has 2 heterocycles. The van der Waals surface area contributed by atoms with Gasteiger partial charge >= 0.3 is 5.97 Å². The number of thioether (sulfide) groups is 1. The van der Waals surface area contributed by atoms with Crippen LogP contribution in [-0.2, 0) is 13.0 Å². The van der Waals surface area contributed by atoms with Crippen LogP contribution in [0.1, 0.15) is 21.5 Å². The minimum absolute atomic E-state index is 0.416. The predicted octanol–water partition coefficient (Wildman–Crippen LogP) is 2.46. The van der Waals surface area contributed by atoms with E-state index in [1.165, 1.54) is 0 Å². The van der Waals surface area contributed by atoms with Crippen molar-refractivity contribution in [2.45, 2.75) is 18.0 Å². The topological polar surface area (TPSA) is 66.3 Å². The van der Waals surface area contributed by atoms with E-state index in [0.29, 0.717) is 12.1 Å². The van der Waals surface area contributed by atoms with Gasteiger partial charge in [-0.05, 0) is 29.9 Å². The molecule has 5 nitrogen and oxygen atoms in total. The molecule has 0 fully saturated rings. The van der Waals surface area contributed by atoms with E-state index in [4.69, 9.17) is 0 Å². The molecule has 21 heavy (non-hydrogen) atoms. The summed E-state index contributed by atoms with van der Waals surface area (Å²) in [5.41, 5.74) is 2.42. The summed E-state index contributed by atoms with van der Waals surface area (Å²) in [5.74, 6) is 0.0349. The van der Waals surface area contributed by atoms with Crippen LogP contribution >= 0.6 is 11.8 Å². The highest BCUT2D eigenvalue weighted by Crippen LogP contribution is 2.26. The lowest BCUT2D eigenvalue weighted by atomic mass is 9.94. The van der Waals surface area contributed by atoms with Crippen molar-refractivity contribution in [2.24, 2.45) is 0 Å². The van der Waals surface area contributed by atoms with Gasteiger partial charge in [-0.25, -0.2) is 14.8 Å². The monoisotopic (exact) mass is 301 g/mol. The molecule has 108 valence electrons. The van der Waals surface area contributed by atoms with Crippen molar-refractivity contribution in [1.29, 1.82) is 0 Å². The average Bonchev–Trinajstić information content (AvgIpc) is 2.53. The summed E-state index contributed by atoms with van der Waals surface area (Å²) in [7, 11) is 0. The number of carbonyl (C=O) groups is 1. The van der Waals surface area contributed by atoms with Crippen LogP contribution in [0.3, 0.4) is 0 Å².